The Bertz CT molecular complexity index is 350. The molecule has 0 radical (unpaired) electrons. The molecule has 21 heavy (non-hydrogen) atoms. The summed E-state index contributed by atoms with van der Waals surface area (Å²) in [6, 6.07) is 0. The lowest BCUT2D eigenvalue weighted by Crippen LogP contribution is -2.52. The maximum atomic E-state index is 12.1. The van der Waals surface area contributed by atoms with E-state index >= 15 is 0 Å². The van der Waals surface area contributed by atoms with Crippen molar-refractivity contribution in [1.82, 2.24) is 0 Å². The van der Waals surface area contributed by atoms with Gasteiger partial charge in [0.25, 0.3) is 0 Å². The summed E-state index contributed by atoms with van der Waals surface area (Å²) in [5.74, 6) is 0.269. The van der Waals surface area contributed by atoms with Crippen LogP contribution in [0.1, 0.15) is 51.9 Å². The highest BCUT2D eigenvalue weighted by molar-refractivity contribution is 5.79. The molecular weight excluding hydrogens is 264 g/mol. The Balaban J connectivity index is 2.99. The number of ether oxygens (including phenoxy) is 1. The van der Waals surface area contributed by atoms with Crippen LogP contribution in [-0.2, 0) is 9.53 Å². The predicted molar refractivity (Wildman–Crippen MR) is 86.1 cm³/mol. The molecule has 3 nitrogen and oxygen atoms in total. The number of aliphatic hydroxyl groups is 1. The molecule has 0 spiro atoms. The predicted octanol–water partition coefficient (Wildman–Crippen LogP) is 3.67. The van der Waals surface area contributed by atoms with Crippen LogP contribution in [-0.4, -0.2) is 29.7 Å². The Labute approximate surface area is 129 Å². The fourth-order valence-corrected chi connectivity index (χ4v) is 3.72. The lowest BCUT2D eigenvalue weighted by Gasteiger charge is -2.47. The van der Waals surface area contributed by atoms with Gasteiger partial charge in [0.2, 0.25) is 0 Å². The van der Waals surface area contributed by atoms with Gasteiger partial charge in [-0.3, -0.25) is 4.79 Å². The number of Topliss-reactive ketones (excluding diaryl/α,β-unsaturated/α-hetero) is 1. The van der Waals surface area contributed by atoms with Crippen LogP contribution in [0.2, 0.25) is 0 Å². The Morgan fingerprint density at radius 3 is 2.81 bits per heavy atom. The van der Waals surface area contributed by atoms with Crippen LogP contribution in [0.4, 0.5) is 0 Å². The highest BCUT2D eigenvalue weighted by atomic mass is 16.5. The molecule has 3 heteroatoms. The minimum absolute atomic E-state index is 0.0110. The number of hydrogen-bond acceptors (Lipinski definition) is 3. The molecule has 0 heterocycles. The zero-order chi connectivity index (χ0) is 15.7. The van der Waals surface area contributed by atoms with Gasteiger partial charge in [0, 0.05) is 11.8 Å². The van der Waals surface area contributed by atoms with E-state index in [1.165, 1.54) is 0 Å². The van der Waals surface area contributed by atoms with Crippen LogP contribution < -0.4 is 0 Å². The number of rotatable bonds is 10. The molecular formula is C18H30O3. The van der Waals surface area contributed by atoms with Crippen molar-refractivity contribution in [3.8, 4) is 0 Å². The average Bonchev–Trinajstić information content (AvgIpc) is 2.49. The fraction of sp³-hybridized carbons (Fsp3) is 0.722. The van der Waals surface area contributed by atoms with Gasteiger partial charge in [0.15, 0.2) is 0 Å². The van der Waals surface area contributed by atoms with Gasteiger partial charge in [0.1, 0.15) is 5.78 Å². The van der Waals surface area contributed by atoms with Gasteiger partial charge < -0.3 is 9.84 Å². The topological polar surface area (TPSA) is 46.5 Å². The molecule has 1 rings (SSSR count). The highest BCUT2D eigenvalue weighted by Crippen LogP contribution is 2.45. The van der Waals surface area contributed by atoms with Gasteiger partial charge >= 0.3 is 0 Å². The van der Waals surface area contributed by atoms with E-state index in [1.54, 1.807) is 6.92 Å². The van der Waals surface area contributed by atoms with Gasteiger partial charge in [-0.2, -0.15) is 0 Å². The number of ketones is 1. The molecule has 3 unspecified atom stereocenters. The second-order valence-electron chi connectivity index (χ2n) is 6.00. The first-order valence-corrected chi connectivity index (χ1v) is 8.11. The lowest BCUT2D eigenvalue weighted by molar-refractivity contribution is -0.159. The maximum absolute atomic E-state index is 12.1. The molecule has 120 valence electrons. The van der Waals surface area contributed by atoms with Crippen molar-refractivity contribution in [3.05, 3.63) is 25.3 Å². The van der Waals surface area contributed by atoms with Crippen LogP contribution in [0.25, 0.3) is 0 Å². The van der Waals surface area contributed by atoms with E-state index in [-0.39, 0.29) is 30.8 Å². The van der Waals surface area contributed by atoms with Crippen molar-refractivity contribution in [1.29, 1.82) is 0 Å². The normalized spacial score (nSPS) is 27.0. The van der Waals surface area contributed by atoms with Gasteiger partial charge in [-0.25, -0.2) is 0 Å². The molecule has 0 bridgehead atoms. The molecule has 1 saturated carbocycles. The highest BCUT2D eigenvalue weighted by Gasteiger charge is 2.48. The van der Waals surface area contributed by atoms with Gasteiger partial charge in [-0.15, -0.1) is 13.2 Å². The van der Waals surface area contributed by atoms with E-state index in [1.807, 2.05) is 12.2 Å². The lowest BCUT2D eigenvalue weighted by atomic mass is 9.65. The quantitative estimate of drug-likeness (QED) is 0.494. The molecule has 0 aromatic heterocycles. The number of hydrogen-bond donors (Lipinski definition) is 1. The maximum Gasteiger partial charge on any atom is 0.135 e. The minimum atomic E-state index is -0.476. The monoisotopic (exact) mass is 294 g/mol. The van der Waals surface area contributed by atoms with E-state index in [0.29, 0.717) is 0 Å². The SMILES string of the molecule is C=CCCCC(C=C)C1(OCCO)CCCCC1C(C)=O. The summed E-state index contributed by atoms with van der Waals surface area (Å²) >= 11 is 0. The second kappa shape index (κ2) is 9.16. The number of allylic oxidation sites excluding steroid dienone is 1. The van der Waals surface area contributed by atoms with E-state index in [9.17, 15) is 4.79 Å². The standard InChI is InChI=1S/C18H30O3/c1-4-6-7-10-16(5-2)18(21-14-13-19)12-9-8-11-17(18)15(3)20/h4-5,16-17,19H,1-2,6-14H2,3H3. The summed E-state index contributed by atoms with van der Waals surface area (Å²) in [7, 11) is 0. The third-order valence-corrected chi connectivity index (χ3v) is 4.69. The summed E-state index contributed by atoms with van der Waals surface area (Å²) in [5, 5.41) is 9.16. The summed E-state index contributed by atoms with van der Waals surface area (Å²) < 4.78 is 6.11. The number of aliphatic hydroxyl groups excluding tert-OH is 1. The van der Waals surface area contributed by atoms with E-state index in [0.717, 1.165) is 44.9 Å². The van der Waals surface area contributed by atoms with Crippen LogP contribution in [0.3, 0.4) is 0 Å². The zero-order valence-corrected chi connectivity index (χ0v) is 13.4. The Morgan fingerprint density at radius 1 is 1.48 bits per heavy atom. The zero-order valence-electron chi connectivity index (χ0n) is 13.4. The van der Waals surface area contributed by atoms with Crippen LogP contribution in [0, 0.1) is 11.8 Å². The first-order chi connectivity index (χ1) is 10.1. The average molecular weight is 294 g/mol. The summed E-state index contributed by atoms with van der Waals surface area (Å²) in [4.78, 5) is 12.1. The summed E-state index contributed by atoms with van der Waals surface area (Å²) in [5.41, 5.74) is -0.476. The Morgan fingerprint density at radius 2 is 2.24 bits per heavy atom. The van der Waals surface area contributed by atoms with Crippen molar-refractivity contribution in [3.63, 3.8) is 0 Å². The van der Waals surface area contributed by atoms with Crippen LogP contribution >= 0.6 is 0 Å². The number of unbranched alkanes of at least 4 members (excludes halogenated alkanes) is 1. The molecule has 1 aliphatic carbocycles. The third kappa shape index (κ3) is 4.52. The molecule has 0 saturated heterocycles. The van der Waals surface area contributed by atoms with Crippen molar-refractivity contribution < 1.29 is 14.6 Å². The summed E-state index contributed by atoms with van der Waals surface area (Å²) in [6.07, 6.45) is 10.7. The summed E-state index contributed by atoms with van der Waals surface area (Å²) in [6.45, 7) is 9.68. The first-order valence-electron chi connectivity index (χ1n) is 8.11. The van der Waals surface area contributed by atoms with E-state index < -0.39 is 5.60 Å². The van der Waals surface area contributed by atoms with Crippen molar-refractivity contribution in [2.75, 3.05) is 13.2 Å². The second-order valence-corrected chi connectivity index (χ2v) is 6.00. The van der Waals surface area contributed by atoms with E-state index in [4.69, 9.17) is 9.84 Å². The largest absolute Gasteiger partial charge is 0.394 e. The van der Waals surface area contributed by atoms with Crippen LogP contribution in [0.15, 0.2) is 25.3 Å². The molecule has 1 fully saturated rings. The van der Waals surface area contributed by atoms with Crippen molar-refractivity contribution >= 4 is 5.78 Å². The third-order valence-electron chi connectivity index (χ3n) is 4.69. The molecule has 1 aliphatic rings. The minimum Gasteiger partial charge on any atom is -0.394 e. The van der Waals surface area contributed by atoms with E-state index in [2.05, 4.69) is 13.2 Å². The van der Waals surface area contributed by atoms with Gasteiger partial charge in [-0.05, 0) is 39.0 Å². The smallest absolute Gasteiger partial charge is 0.135 e. The molecule has 3 atom stereocenters. The number of carbonyl (C=O) groups excluding carboxylic acids is 1. The molecule has 1 N–H and O–H groups in total. The van der Waals surface area contributed by atoms with Crippen molar-refractivity contribution in [2.24, 2.45) is 11.8 Å². The van der Waals surface area contributed by atoms with Gasteiger partial charge in [-0.1, -0.05) is 25.0 Å². The molecule has 0 aromatic rings. The Kier molecular flexibility index (Phi) is 7.91. The molecule has 0 amide bonds. The van der Waals surface area contributed by atoms with Gasteiger partial charge in [0.05, 0.1) is 18.8 Å². The number of carbonyl (C=O) groups is 1. The molecule has 0 aliphatic heterocycles. The Hall–Kier alpha value is -0.930. The van der Waals surface area contributed by atoms with Crippen molar-refractivity contribution in [2.45, 2.75) is 57.5 Å². The molecule has 0 aromatic carbocycles. The first kappa shape index (κ1) is 18.1. The van der Waals surface area contributed by atoms with Crippen LogP contribution in [0.5, 0.6) is 0 Å². The fourth-order valence-electron chi connectivity index (χ4n) is 3.72.